The van der Waals surface area contributed by atoms with Crippen LogP contribution in [0, 0.1) is 0 Å². The van der Waals surface area contributed by atoms with Crippen LogP contribution in [0.2, 0.25) is 10.0 Å². The molecule has 4 rings (SSSR count). The van der Waals surface area contributed by atoms with Gasteiger partial charge in [-0.05, 0) is 47.4 Å². The Morgan fingerprint density at radius 3 is 2.33 bits per heavy atom. The van der Waals surface area contributed by atoms with E-state index in [9.17, 15) is 24.3 Å². The van der Waals surface area contributed by atoms with Crippen LogP contribution in [0.25, 0.3) is 11.1 Å². The number of rotatable bonds is 12. The number of hydrogen-bond acceptors (Lipinski definition) is 6. The minimum absolute atomic E-state index is 0.0603. The van der Waals surface area contributed by atoms with Crippen molar-refractivity contribution < 1.29 is 29.0 Å². The molecule has 42 heavy (non-hydrogen) atoms. The lowest BCUT2D eigenvalue weighted by molar-refractivity contribution is -0.139. The molecule has 3 N–H and O–H groups in total. The summed E-state index contributed by atoms with van der Waals surface area (Å²) in [6.07, 6.45) is 0.967. The van der Waals surface area contributed by atoms with Crippen LogP contribution >= 0.6 is 23.2 Å². The van der Waals surface area contributed by atoms with Crippen LogP contribution in [0.3, 0.4) is 0 Å². The van der Waals surface area contributed by atoms with Gasteiger partial charge in [0.2, 0.25) is 0 Å². The number of aliphatic carboxylic acids is 1. The minimum Gasteiger partial charge on any atom is -0.481 e. The standard InChI is InChI=1S/C31H29Cl2N3O6/c32-24-16-22(20-7-2-1-3-8-20)17-25(33)28(24)30(39)36-26(31(40)41)11-10-23(37)18-35-29(38)21-9-4-6-19(14-21)15-27-34-12-5-13-42-27/h1-4,6-9,14,16-17,26H,5,10-13,15,18H2,(H,35,38)(H,36,39)(H,40,41)/t26-/m0/s1. The monoisotopic (exact) mass is 609 g/mol. The number of aliphatic imine (C=N–C) groups is 1. The van der Waals surface area contributed by atoms with Crippen molar-refractivity contribution in [2.75, 3.05) is 19.7 Å². The molecule has 0 saturated carbocycles. The third-order valence-electron chi connectivity index (χ3n) is 6.54. The second kappa shape index (κ2) is 14.6. The summed E-state index contributed by atoms with van der Waals surface area (Å²) >= 11 is 12.7. The minimum atomic E-state index is -1.38. The fraction of sp³-hybridized carbons (Fsp3) is 0.258. The Labute approximate surface area is 252 Å². The van der Waals surface area contributed by atoms with E-state index in [1.165, 1.54) is 0 Å². The quantitative estimate of drug-likeness (QED) is 0.265. The average molecular weight is 610 g/mol. The molecule has 0 bridgehead atoms. The first-order chi connectivity index (χ1) is 20.2. The molecule has 0 spiro atoms. The molecule has 9 nitrogen and oxygen atoms in total. The molecule has 0 aliphatic carbocycles. The predicted molar refractivity (Wildman–Crippen MR) is 160 cm³/mol. The number of benzene rings is 3. The highest BCUT2D eigenvalue weighted by atomic mass is 35.5. The number of ketones is 1. The zero-order valence-corrected chi connectivity index (χ0v) is 24.1. The third kappa shape index (κ3) is 8.41. The molecule has 11 heteroatoms. The molecule has 218 valence electrons. The van der Waals surface area contributed by atoms with Crippen molar-refractivity contribution in [3.05, 3.63) is 93.5 Å². The van der Waals surface area contributed by atoms with E-state index in [0.717, 1.165) is 17.5 Å². The summed E-state index contributed by atoms with van der Waals surface area (Å²) in [5.41, 5.74) is 2.71. The van der Waals surface area contributed by atoms with E-state index in [4.69, 9.17) is 27.9 Å². The second-order valence-electron chi connectivity index (χ2n) is 9.66. The topological polar surface area (TPSA) is 134 Å². The normalized spacial score (nSPS) is 13.3. The number of Topliss-reactive ketones (excluding diaryl/α,β-unsaturated/α-hetero) is 1. The number of amides is 2. The average Bonchev–Trinajstić information content (AvgIpc) is 2.98. The summed E-state index contributed by atoms with van der Waals surface area (Å²) < 4.78 is 5.53. The summed E-state index contributed by atoms with van der Waals surface area (Å²) in [5, 5.41) is 14.7. The van der Waals surface area contributed by atoms with E-state index >= 15 is 0 Å². The van der Waals surface area contributed by atoms with Gasteiger partial charge in [0.1, 0.15) is 6.04 Å². The number of nitrogens with one attached hydrogen (secondary N) is 2. The SMILES string of the molecule is O=C(CC[C@H](NC(=O)c1c(Cl)cc(-c2ccccc2)cc1Cl)C(=O)O)CNC(=O)c1cccc(CC2=NCCCO2)c1. The van der Waals surface area contributed by atoms with Crippen molar-refractivity contribution in [2.24, 2.45) is 4.99 Å². The Morgan fingerprint density at radius 1 is 0.929 bits per heavy atom. The molecule has 3 aromatic rings. The van der Waals surface area contributed by atoms with Gasteiger partial charge in [0.25, 0.3) is 11.8 Å². The predicted octanol–water partition coefficient (Wildman–Crippen LogP) is 4.98. The molecule has 3 aromatic carbocycles. The number of carbonyl (C=O) groups is 4. The summed E-state index contributed by atoms with van der Waals surface area (Å²) in [6.45, 7) is 1.04. The molecule has 0 saturated heterocycles. The highest BCUT2D eigenvalue weighted by Crippen LogP contribution is 2.32. The first-order valence-corrected chi connectivity index (χ1v) is 14.1. The summed E-state index contributed by atoms with van der Waals surface area (Å²) in [4.78, 5) is 54.2. The number of ether oxygens (including phenoxy) is 1. The molecular formula is C31H29Cl2N3O6. The maximum atomic E-state index is 12.9. The van der Waals surface area contributed by atoms with E-state index in [-0.39, 0.29) is 35.0 Å². The van der Waals surface area contributed by atoms with Crippen LogP contribution in [-0.4, -0.2) is 60.3 Å². The molecule has 1 heterocycles. The smallest absolute Gasteiger partial charge is 0.326 e. The summed E-state index contributed by atoms with van der Waals surface area (Å²) in [7, 11) is 0. The lowest BCUT2D eigenvalue weighted by Gasteiger charge is -2.16. The summed E-state index contributed by atoms with van der Waals surface area (Å²) in [6, 6.07) is 18.0. The molecule has 2 amide bonds. The number of hydrogen-bond donors (Lipinski definition) is 3. The Morgan fingerprint density at radius 2 is 1.67 bits per heavy atom. The molecule has 1 aliphatic rings. The van der Waals surface area contributed by atoms with E-state index in [1.807, 2.05) is 36.4 Å². The fourth-order valence-corrected chi connectivity index (χ4v) is 5.02. The first-order valence-electron chi connectivity index (χ1n) is 13.3. The van der Waals surface area contributed by atoms with Crippen molar-refractivity contribution >= 4 is 52.7 Å². The van der Waals surface area contributed by atoms with Gasteiger partial charge in [-0.2, -0.15) is 0 Å². The van der Waals surface area contributed by atoms with E-state index in [2.05, 4.69) is 15.6 Å². The van der Waals surface area contributed by atoms with Crippen molar-refractivity contribution in [3.8, 4) is 11.1 Å². The summed E-state index contributed by atoms with van der Waals surface area (Å²) in [5.74, 6) is -2.31. The highest BCUT2D eigenvalue weighted by molar-refractivity contribution is 6.40. The zero-order chi connectivity index (χ0) is 30.1. The molecule has 1 atom stereocenters. The molecule has 0 aromatic heterocycles. The fourth-order valence-electron chi connectivity index (χ4n) is 4.36. The van der Waals surface area contributed by atoms with Gasteiger partial charge in [0.15, 0.2) is 11.7 Å². The maximum absolute atomic E-state index is 12.9. The van der Waals surface area contributed by atoms with Crippen LogP contribution in [0.5, 0.6) is 0 Å². The van der Waals surface area contributed by atoms with Crippen molar-refractivity contribution in [2.45, 2.75) is 31.7 Å². The van der Waals surface area contributed by atoms with Crippen LogP contribution in [0.4, 0.5) is 0 Å². The van der Waals surface area contributed by atoms with Gasteiger partial charge < -0.3 is 20.5 Å². The number of carboxylic acid groups (broad SMARTS) is 1. The third-order valence-corrected chi connectivity index (χ3v) is 7.14. The molecular weight excluding hydrogens is 581 g/mol. The largest absolute Gasteiger partial charge is 0.481 e. The van der Waals surface area contributed by atoms with Crippen LogP contribution in [-0.2, 0) is 20.7 Å². The Balaban J connectivity index is 1.30. The van der Waals surface area contributed by atoms with Crippen molar-refractivity contribution in [1.82, 2.24) is 10.6 Å². The van der Waals surface area contributed by atoms with Gasteiger partial charge in [-0.1, -0.05) is 65.7 Å². The van der Waals surface area contributed by atoms with Crippen molar-refractivity contribution in [1.29, 1.82) is 0 Å². The van der Waals surface area contributed by atoms with Gasteiger partial charge in [0, 0.05) is 31.4 Å². The molecule has 1 aliphatic heterocycles. The number of carboxylic acids is 1. The Kier molecular flexibility index (Phi) is 10.7. The number of halogens is 2. The molecule has 0 unspecified atom stereocenters. The number of carbonyl (C=O) groups excluding carboxylic acids is 3. The van der Waals surface area contributed by atoms with Gasteiger partial charge in [-0.15, -0.1) is 0 Å². The molecule has 0 fully saturated rings. The van der Waals surface area contributed by atoms with E-state index in [0.29, 0.717) is 36.6 Å². The van der Waals surface area contributed by atoms with Crippen LogP contribution in [0.15, 0.2) is 71.7 Å². The van der Waals surface area contributed by atoms with Gasteiger partial charge in [0.05, 0.1) is 28.8 Å². The van der Waals surface area contributed by atoms with Gasteiger partial charge in [-0.25, -0.2) is 4.79 Å². The van der Waals surface area contributed by atoms with Gasteiger partial charge in [-0.3, -0.25) is 19.4 Å². The van der Waals surface area contributed by atoms with Crippen molar-refractivity contribution in [3.63, 3.8) is 0 Å². The van der Waals surface area contributed by atoms with E-state index in [1.54, 1.807) is 30.3 Å². The lowest BCUT2D eigenvalue weighted by Crippen LogP contribution is -2.41. The highest BCUT2D eigenvalue weighted by Gasteiger charge is 2.25. The van der Waals surface area contributed by atoms with E-state index < -0.39 is 29.6 Å². The Hall–Kier alpha value is -4.21. The lowest BCUT2D eigenvalue weighted by atomic mass is 10.0. The second-order valence-corrected chi connectivity index (χ2v) is 10.5. The maximum Gasteiger partial charge on any atom is 0.326 e. The van der Waals surface area contributed by atoms with Gasteiger partial charge >= 0.3 is 5.97 Å². The number of nitrogens with zero attached hydrogens (tertiary/aromatic N) is 1. The first kappa shape index (κ1) is 30.7. The Bertz CT molecular complexity index is 1490. The van der Waals surface area contributed by atoms with Crippen LogP contribution < -0.4 is 10.6 Å². The molecule has 0 radical (unpaired) electrons. The zero-order valence-electron chi connectivity index (χ0n) is 22.6. The van der Waals surface area contributed by atoms with Crippen LogP contribution in [0.1, 0.15) is 45.5 Å².